The van der Waals surface area contributed by atoms with Crippen LogP contribution >= 0.6 is 0 Å². The fourth-order valence-electron chi connectivity index (χ4n) is 2.94. The number of anilines is 1. The maximum atomic E-state index is 12.6. The third-order valence-electron chi connectivity index (χ3n) is 4.13. The fourth-order valence-corrected chi connectivity index (χ4v) is 2.94. The molecule has 0 aliphatic rings. The normalized spacial score (nSPS) is 11.6. The lowest BCUT2D eigenvalue weighted by Gasteiger charge is -2.26. The zero-order valence-electron chi connectivity index (χ0n) is 16.4. The third kappa shape index (κ3) is 6.23. The largest absolute Gasteiger partial charge is 0.455 e. The summed E-state index contributed by atoms with van der Waals surface area (Å²) < 4.78 is 5.21. The first-order valence-electron chi connectivity index (χ1n) is 9.23. The standard InChI is InChI=1S/C22H26N2O4/c1-16(2)24(19-12-8-5-9-13-19)21(26)15-28-22(27)14-20(23-17(3)25)18-10-6-4-7-11-18/h4-13,16,20H,14-15H2,1-3H3,(H,23,25)/t20-/m1/s1. The smallest absolute Gasteiger partial charge is 0.308 e. The first-order chi connectivity index (χ1) is 13.4. The van der Waals surface area contributed by atoms with Gasteiger partial charge < -0.3 is 15.0 Å². The SMILES string of the molecule is CC(=O)N[C@H](CC(=O)OCC(=O)N(c1ccccc1)C(C)C)c1ccccc1. The maximum Gasteiger partial charge on any atom is 0.308 e. The summed E-state index contributed by atoms with van der Waals surface area (Å²) in [5, 5.41) is 2.75. The number of esters is 1. The minimum Gasteiger partial charge on any atom is -0.455 e. The van der Waals surface area contributed by atoms with E-state index in [4.69, 9.17) is 4.74 Å². The van der Waals surface area contributed by atoms with Crippen LogP contribution in [0, 0.1) is 0 Å². The highest BCUT2D eigenvalue weighted by atomic mass is 16.5. The molecule has 28 heavy (non-hydrogen) atoms. The predicted octanol–water partition coefficient (Wildman–Crippen LogP) is 3.24. The molecule has 2 amide bonds. The Bertz CT molecular complexity index is 791. The average molecular weight is 382 g/mol. The second kappa shape index (κ2) is 10.3. The minimum atomic E-state index is -0.548. The molecular weight excluding hydrogens is 356 g/mol. The van der Waals surface area contributed by atoms with Gasteiger partial charge in [0.05, 0.1) is 12.5 Å². The van der Waals surface area contributed by atoms with E-state index < -0.39 is 12.0 Å². The molecule has 0 bridgehead atoms. The zero-order valence-corrected chi connectivity index (χ0v) is 16.4. The van der Waals surface area contributed by atoms with Crippen molar-refractivity contribution in [1.82, 2.24) is 5.32 Å². The molecule has 0 saturated heterocycles. The Morgan fingerprint density at radius 3 is 2.07 bits per heavy atom. The van der Waals surface area contributed by atoms with Crippen molar-refractivity contribution in [2.45, 2.75) is 39.3 Å². The molecule has 0 aliphatic carbocycles. The molecule has 6 heteroatoms. The van der Waals surface area contributed by atoms with Crippen molar-refractivity contribution in [3.8, 4) is 0 Å². The molecule has 0 aromatic heterocycles. The van der Waals surface area contributed by atoms with Gasteiger partial charge >= 0.3 is 5.97 Å². The van der Waals surface area contributed by atoms with Crippen LogP contribution in [0.5, 0.6) is 0 Å². The summed E-state index contributed by atoms with van der Waals surface area (Å²) in [5.74, 6) is -1.09. The molecule has 2 aromatic rings. The zero-order chi connectivity index (χ0) is 20.5. The highest BCUT2D eigenvalue weighted by molar-refractivity contribution is 5.95. The second-order valence-electron chi connectivity index (χ2n) is 6.72. The molecule has 0 spiro atoms. The Morgan fingerprint density at radius 1 is 0.964 bits per heavy atom. The summed E-state index contributed by atoms with van der Waals surface area (Å²) in [5.41, 5.74) is 1.55. The average Bonchev–Trinajstić information content (AvgIpc) is 2.67. The predicted molar refractivity (Wildman–Crippen MR) is 108 cm³/mol. The quantitative estimate of drug-likeness (QED) is 0.711. The minimum absolute atomic E-state index is 0.0517. The summed E-state index contributed by atoms with van der Waals surface area (Å²) in [6.07, 6.45) is -0.0517. The van der Waals surface area contributed by atoms with Gasteiger partial charge in [-0.15, -0.1) is 0 Å². The number of nitrogens with one attached hydrogen (secondary N) is 1. The summed E-state index contributed by atoms with van der Waals surface area (Å²) in [4.78, 5) is 38.0. The highest BCUT2D eigenvalue weighted by Crippen LogP contribution is 2.19. The molecule has 2 rings (SSSR count). The van der Waals surface area contributed by atoms with Gasteiger partial charge in [-0.25, -0.2) is 0 Å². The number of para-hydroxylation sites is 1. The second-order valence-corrected chi connectivity index (χ2v) is 6.72. The molecule has 0 heterocycles. The molecule has 0 aliphatic heterocycles. The van der Waals surface area contributed by atoms with E-state index in [-0.39, 0.29) is 30.9 Å². The molecule has 0 fully saturated rings. The highest BCUT2D eigenvalue weighted by Gasteiger charge is 2.22. The van der Waals surface area contributed by atoms with E-state index >= 15 is 0 Å². The molecule has 0 unspecified atom stereocenters. The number of hydrogen-bond acceptors (Lipinski definition) is 4. The maximum absolute atomic E-state index is 12.6. The van der Waals surface area contributed by atoms with Gasteiger partial charge in [-0.3, -0.25) is 14.4 Å². The summed E-state index contributed by atoms with van der Waals surface area (Å²) >= 11 is 0. The van der Waals surface area contributed by atoms with Crippen molar-refractivity contribution in [2.24, 2.45) is 0 Å². The Hall–Kier alpha value is -3.15. The van der Waals surface area contributed by atoms with Gasteiger partial charge in [0.25, 0.3) is 5.91 Å². The number of ether oxygens (including phenoxy) is 1. The van der Waals surface area contributed by atoms with Crippen LogP contribution in [0.4, 0.5) is 5.69 Å². The number of benzene rings is 2. The lowest BCUT2D eigenvalue weighted by atomic mass is 10.0. The lowest BCUT2D eigenvalue weighted by Crippen LogP contribution is -2.40. The van der Waals surface area contributed by atoms with Gasteiger partial charge in [0.2, 0.25) is 5.91 Å². The summed E-state index contributed by atoms with van der Waals surface area (Å²) in [6.45, 7) is 4.84. The number of amides is 2. The third-order valence-corrected chi connectivity index (χ3v) is 4.13. The number of carbonyl (C=O) groups excluding carboxylic acids is 3. The van der Waals surface area contributed by atoms with E-state index in [1.54, 1.807) is 4.90 Å². The van der Waals surface area contributed by atoms with Crippen molar-refractivity contribution in [2.75, 3.05) is 11.5 Å². The molecule has 2 aromatic carbocycles. The van der Waals surface area contributed by atoms with Crippen molar-refractivity contribution in [1.29, 1.82) is 0 Å². The Labute approximate surface area is 165 Å². The van der Waals surface area contributed by atoms with Crippen LogP contribution in [0.25, 0.3) is 0 Å². The molecule has 1 atom stereocenters. The Balaban J connectivity index is 1.99. The van der Waals surface area contributed by atoms with Crippen molar-refractivity contribution < 1.29 is 19.1 Å². The molecule has 0 saturated carbocycles. The molecule has 6 nitrogen and oxygen atoms in total. The summed E-state index contributed by atoms with van der Waals surface area (Å²) in [6, 6.07) is 17.8. The van der Waals surface area contributed by atoms with Crippen LogP contribution in [0.2, 0.25) is 0 Å². The van der Waals surface area contributed by atoms with Crippen molar-refractivity contribution >= 4 is 23.5 Å². The van der Waals surface area contributed by atoms with Crippen LogP contribution in [-0.2, 0) is 19.1 Å². The van der Waals surface area contributed by atoms with Gasteiger partial charge in [-0.2, -0.15) is 0 Å². The van der Waals surface area contributed by atoms with Crippen LogP contribution in [-0.4, -0.2) is 30.4 Å². The van der Waals surface area contributed by atoms with Crippen LogP contribution < -0.4 is 10.2 Å². The van der Waals surface area contributed by atoms with E-state index in [9.17, 15) is 14.4 Å². The van der Waals surface area contributed by atoms with E-state index in [1.807, 2.05) is 74.5 Å². The summed E-state index contributed by atoms with van der Waals surface area (Å²) in [7, 11) is 0. The Morgan fingerprint density at radius 2 is 1.54 bits per heavy atom. The number of rotatable bonds is 8. The van der Waals surface area contributed by atoms with Crippen molar-refractivity contribution in [3.05, 3.63) is 66.2 Å². The van der Waals surface area contributed by atoms with E-state index in [1.165, 1.54) is 6.92 Å². The van der Waals surface area contributed by atoms with E-state index in [2.05, 4.69) is 5.32 Å². The molecule has 1 N–H and O–H groups in total. The number of carbonyl (C=O) groups is 3. The van der Waals surface area contributed by atoms with Crippen LogP contribution in [0.15, 0.2) is 60.7 Å². The molecular formula is C22H26N2O4. The number of nitrogens with zero attached hydrogens (tertiary/aromatic N) is 1. The molecule has 148 valence electrons. The van der Waals surface area contributed by atoms with Gasteiger partial charge in [-0.1, -0.05) is 48.5 Å². The van der Waals surface area contributed by atoms with E-state index in [0.717, 1.165) is 11.3 Å². The first-order valence-corrected chi connectivity index (χ1v) is 9.23. The van der Waals surface area contributed by atoms with Gasteiger partial charge in [0.15, 0.2) is 6.61 Å². The lowest BCUT2D eigenvalue weighted by molar-refractivity contribution is -0.148. The van der Waals surface area contributed by atoms with Crippen LogP contribution in [0.1, 0.15) is 38.8 Å². The fraction of sp³-hybridized carbons (Fsp3) is 0.318. The molecule has 0 radical (unpaired) electrons. The van der Waals surface area contributed by atoms with Gasteiger partial charge in [0, 0.05) is 18.7 Å². The van der Waals surface area contributed by atoms with Gasteiger partial charge in [0.1, 0.15) is 0 Å². The van der Waals surface area contributed by atoms with Crippen molar-refractivity contribution in [3.63, 3.8) is 0 Å². The monoisotopic (exact) mass is 382 g/mol. The Kier molecular flexibility index (Phi) is 7.75. The number of hydrogen-bond donors (Lipinski definition) is 1. The van der Waals surface area contributed by atoms with Gasteiger partial charge in [-0.05, 0) is 31.5 Å². The first kappa shape index (κ1) is 21.2. The topological polar surface area (TPSA) is 75.7 Å². The van der Waals surface area contributed by atoms with E-state index in [0.29, 0.717) is 0 Å². The van der Waals surface area contributed by atoms with Crippen LogP contribution in [0.3, 0.4) is 0 Å².